The Bertz CT molecular complexity index is 148. The van der Waals surface area contributed by atoms with Crippen LogP contribution >= 0.6 is 0 Å². The predicted octanol–water partition coefficient (Wildman–Crippen LogP) is -0.345. The predicted molar refractivity (Wildman–Crippen MR) is 45.7 cm³/mol. The Hall–Kier alpha value is -0.560. The quantitative estimate of drug-likeness (QED) is 0.385. The third kappa shape index (κ3) is 5.86. The molecule has 0 aromatic rings. The van der Waals surface area contributed by atoms with E-state index in [0.29, 0.717) is 6.54 Å². The molecule has 0 aliphatic carbocycles. The van der Waals surface area contributed by atoms with Crippen molar-refractivity contribution >= 4 is 0 Å². The molecule has 64 valence electrons. The van der Waals surface area contributed by atoms with Gasteiger partial charge in [0.25, 0.3) is 0 Å². The van der Waals surface area contributed by atoms with Crippen LogP contribution in [0.4, 0.5) is 0 Å². The second-order valence-corrected chi connectivity index (χ2v) is 2.44. The minimum Gasteiger partial charge on any atom is -0.367 e. The van der Waals surface area contributed by atoms with Gasteiger partial charge in [0.1, 0.15) is 0 Å². The molecule has 2 unspecified atom stereocenters. The summed E-state index contributed by atoms with van der Waals surface area (Å²) in [4.78, 5) is 0. The van der Waals surface area contributed by atoms with Gasteiger partial charge < -0.3 is 10.8 Å². The van der Waals surface area contributed by atoms with Gasteiger partial charge in [0.05, 0.1) is 0 Å². The van der Waals surface area contributed by atoms with Crippen LogP contribution < -0.4 is 11.1 Å². The van der Waals surface area contributed by atoms with Crippen LogP contribution in [-0.2, 0) is 0 Å². The van der Waals surface area contributed by atoms with Gasteiger partial charge in [0.2, 0.25) is 0 Å². The number of aliphatic hydroxyl groups is 1. The number of rotatable bonds is 4. The molecule has 0 aliphatic rings. The van der Waals surface area contributed by atoms with Crippen LogP contribution in [0.2, 0.25) is 0 Å². The summed E-state index contributed by atoms with van der Waals surface area (Å²) in [6.45, 7) is 4.28. The Balaban J connectivity index is 3.53. The molecule has 0 radical (unpaired) electrons. The van der Waals surface area contributed by atoms with Crippen molar-refractivity contribution in [1.82, 2.24) is 5.32 Å². The first-order valence-corrected chi connectivity index (χ1v) is 3.77. The zero-order valence-corrected chi connectivity index (χ0v) is 7.09. The molecule has 0 bridgehead atoms. The van der Waals surface area contributed by atoms with Crippen LogP contribution in [-0.4, -0.2) is 23.9 Å². The van der Waals surface area contributed by atoms with E-state index in [0.717, 1.165) is 6.42 Å². The molecule has 0 saturated carbocycles. The fourth-order valence-corrected chi connectivity index (χ4v) is 0.781. The van der Waals surface area contributed by atoms with E-state index in [2.05, 4.69) is 17.2 Å². The SMILES string of the molecule is CC#CC(O)NC(C)CCN. The van der Waals surface area contributed by atoms with E-state index in [1.807, 2.05) is 6.92 Å². The smallest absolute Gasteiger partial charge is 0.168 e. The molecule has 0 rings (SSSR count). The molecule has 0 fully saturated rings. The van der Waals surface area contributed by atoms with Crippen LogP contribution in [0, 0.1) is 11.8 Å². The van der Waals surface area contributed by atoms with Gasteiger partial charge >= 0.3 is 0 Å². The fourth-order valence-electron chi connectivity index (χ4n) is 0.781. The summed E-state index contributed by atoms with van der Waals surface area (Å²) in [6, 6.07) is 0.218. The largest absolute Gasteiger partial charge is 0.367 e. The molecule has 0 saturated heterocycles. The van der Waals surface area contributed by atoms with Crippen LogP contribution in [0.15, 0.2) is 0 Å². The topological polar surface area (TPSA) is 58.3 Å². The lowest BCUT2D eigenvalue weighted by atomic mass is 10.2. The summed E-state index contributed by atoms with van der Waals surface area (Å²) in [6.07, 6.45) is 0.129. The molecule has 2 atom stereocenters. The number of hydrogen-bond acceptors (Lipinski definition) is 3. The van der Waals surface area contributed by atoms with Gasteiger partial charge in [-0.3, -0.25) is 5.32 Å². The normalized spacial score (nSPS) is 14.9. The molecular formula is C8H16N2O. The van der Waals surface area contributed by atoms with E-state index >= 15 is 0 Å². The van der Waals surface area contributed by atoms with Crippen molar-refractivity contribution in [2.75, 3.05) is 6.54 Å². The molecule has 0 aromatic heterocycles. The van der Waals surface area contributed by atoms with Crippen LogP contribution in [0.25, 0.3) is 0 Å². The number of hydrogen-bond donors (Lipinski definition) is 3. The van der Waals surface area contributed by atoms with Crippen molar-refractivity contribution in [2.45, 2.75) is 32.5 Å². The summed E-state index contributed by atoms with van der Waals surface area (Å²) in [5.74, 6) is 5.21. The van der Waals surface area contributed by atoms with Gasteiger partial charge in [0, 0.05) is 6.04 Å². The maximum Gasteiger partial charge on any atom is 0.168 e. The fraction of sp³-hybridized carbons (Fsp3) is 0.750. The van der Waals surface area contributed by atoms with Crippen LogP contribution in [0.3, 0.4) is 0 Å². The van der Waals surface area contributed by atoms with E-state index in [4.69, 9.17) is 10.8 Å². The highest BCUT2D eigenvalue weighted by atomic mass is 16.3. The number of nitrogens with one attached hydrogen (secondary N) is 1. The first-order chi connectivity index (χ1) is 5.20. The highest BCUT2D eigenvalue weighted by Crippen LogP contribution is 1.88. The summed E-state index contributed by atoms with van der Waals surface area (Å²) < 4.78 is 0. The van der Waals surface area contributed by atoms with Crippen molar-refractivity contribution in [2.24, 2.45) is 5.73 Å². The molecule has 0 aliphatic heterocycles. The summed E-state index contributed by atoms with van der Waals surface area (Å²) in [7, 11) is 0. The van der Waals surface area contributed by atoms with Crippen molar-refractivity contribution < 1.29 is 5.11 Å². The minimum absolute atomic E-state index is 0.218. The Morgan fingerprint density at radius 2 is 2.27 bits per heavy atom. The maximum atomic E-state index is 9.12. The average Bonchev–Trinajstić information content (AvgIpc) is 1.87. The van der Waals surface area contributed by atoms with Gasteiger partial charge in [0.15, 0.2) is 6.23 Å². The van der Waals surface area contributed by atoms with Gasteiger partial charge in [-0.1, -0.05) is 5.92 Å². The van der Waals surface area contributed by atoms with Crippen LogP contribution in [0.5, 0.6) is 0 Å². The standard InChI is InChI=1S/C8H16N2O/c1-3-4-8(11)10-7(2)5-6-9/h7-8,10-11H,5-6,9H2,1-2H3. The third-order valence-electron chi connectivity index (χ3n) is 1.32. The van der Waals surface area contributed by atoms with Gasteiger partial charge in [-0.2, -0.15) is 0 Å². The molecule has 4 N–H and O–H groups in total. The van der Waals surface area contributed by atoms with E-state index in [9.17, 15) is 0 Å². The summed E-state index contributed by atoms with van der Waals surface area (Å²) in [5.41, 5.74) is 5.32. The minimum atomic E-state index is -0.721. The highest BCUT2D eigenvalue weighted by Gasteiger charge is 2.03. The van der Waals surface area contributed by atoms with E-state index in [-0.39, 0.29) is 6.04 Å². The van der Waals surface area contributed by atoms with Crippen molar-refractivity contribution in [1.29, 1.82) is 0 Å². The molecule has 0 amide bonds. The Morgan fingerprint density at radius 3 is 2.73 bits per heavy atom. The first kappa shape index (κ1) is 10.4. The monoisotopic (exact) mass is 156 g/mol. The molecule has 3 nitrogen and oxygen atoms in total. The Kier molecular flexibility index (Phi) is 5.86. The van der Waals surface area contributed by atoms with E-state index in [1.54, 1.807) is 6.92 Å². The second kappa shape index (κ2) is 6.17. The van der Waals surface area contributed by atoms with E-state index in [1.165, 1.54) is 0 Å². The van der Waals surface area contributed by atoms with Crippen LogP contribution in [0.1, 0.15) is 20.3 Å². The maximum absolute atomic E-state index is 9.12. The summed E-state index contributed by atoms with van der Waals surface area (Å²) >= 11 is 0. The lowest BCUT2D eigenvalue weighted by Crippen LogP contribution is -2.36. The molecular weight excluding hydrogens is 140 g/mol. The molecule has 0 aromatic carbocycles. The zero-order valence-electron chi connectivity index (χ0n) is 7.09. The number of nitrogens with two attached hydrogens (primary N) is 1. The molecule has 11 heavy (non-hydrogen) atoms. The molecule has 3 heteroatoms. The average molecular weight is 156 g/mol. The Labute approximate surface area is 68.0 Å². The third-order valence-corrected chi connectivity index (χ3v) is 1.32. The van der Waals surface area contributed by atoms with E-state index < -0.39 is 6.23 Å². The Morgan fingerprint density at radius 1 is 1.64 bits per heavy atom. The van der Waals surface area contributed by atoms with Crippen molar-refractivity contribution in [3.8, 4) is 11.8 Å². The zero-order chi connectivity index (χ0) is 8.69. The summed E-state index contributed by atoms with van der Waals surface area (Å²) in [5, 5.41) is 12.0. The van der Waals surface area contributed by atoms with Gasteiger partial charge in [-0.05, 0) is 26.8 Å². The first-order valence-electron chi connectivity index (χ1n) is 3.77. The molecule has 0 heterocycles. The lowest BCUT2D eigenvalue weighted by Gasteiger charge is -2.13. The molecule has 0 spiro atoms. The highest BCUT2D eigenvalue weighted by molar-refractivity contribution is 5.00. The van der Waals surface area contributed by atoms with Crippen molar-refractivity contribution in [3.05, 3.63) is 0 Å². The van der Waals surface area contributed by atoms with Gasteiger partial charge in [-0.25, -0.2) is 0 Å². The van der Waals surface area contributed by atoms with Gasteiger partial charge in [-0.15, -0.1) is 5.92 Å². The van der Waals surface area contributed by atoms with Crippen molar-refractivity contribution in [3.63, 3.8) is 0 Å². The number of aliphatic hydroxyl groups excluding tert-OH is 1. The lowest BCUT2D eigenvalue weighted by molar-refractivity contribution is 0.177. The second-order valence-electron chi connectivity index (χ2n) is 2.44.